The number of nitrogens with one attached hydrogen (secondary N) is 1. The van der Waals surface area contributed by atoms with Crippen LogP contribution in [0.3, 0.4) is 0 Å². The number of aromatic amines is 1. The van der Waals surface area contributed by atoms with Gasteiger partial charge in [-0.05, 0) is 55.9 Å². The third-order valence-corrected chi connectivity index (χ3v) is 8.75. The van der Waals surface area contributed by atoms with Crippen molar-refractivity contribution in [3.63, 3.8) is 0 Å². The van der Waals surface area contributed by atoms with Gasteiger partial charge in [0.2, 0.25) is 5.56 Å². The highest BCUT2D eigenvalue weighted by atomic mass is 32.2. The van der Waals surface area contributed by atoms with Gasteiger partial charge < -0.3 is 15.0 Å². The molecule has 9 heteroatoms. The number of thioether (sulfide) groups is 2. The molecule has 2 fully saturated rings. The maximum Gasteiger partial charge on any atom is 0.417 e. The summed E-state index contributed by atoms with van der Waals surface area (Å²) in [7, 11) is 0. The van der Waals surface area contributed by atoms with Gasteiger partial charge in [-0.15, -0.1) is 23.5 Å². The summed E-state index contributed by atoms with van der Waals surface area (Å²) in [6.45, 7) is 2.04. The normalized spacial score (nSPS) is 24.9. The molecular formula is C20H23F3N2O2S2. The summed E-state index contributed by atoms with van der Waals surface area (Å²) in [5, 5.41) is 11.0. The van der Waals surface area contributed by atoms with E-state index in [-0.39, 0.29) is 27.6 Å². The lowest BCUT2D eigenvalue weighted by molar-refractivity contribution is -0.136. The summed E-state index contributed by atoms with van der Waals surface area (Å²) in [6.07, 6.45) is -2.36. The number of H-pyrrole nitrogens is 1. The van der Waals surface area contributed by atoms with Crippen molar-refractivity contribution in [1.82, 2.24) is 4.98 Å². The first kappa shape index (κ1) is 20.9. The van der Waals surface area contributed by atoms with Crippen LogP contribution < -0.4 is 10.5 Å². The van der Waals surface area contributed by atoms with Gasteiger partial charge >= 0.3 is 6.18 Å². The number of benzene rings is 1. The Morgan fingerprint density at radius 1 is 1.21 bits per heavy atom. The number of aliphatic hydroxyl groups is 1. The van der Waals surface area contributed by atoms with Gasteiger partial charge in [0, 0.05) is 28.7 Å². The first-order valence-electron chi connectivity index (χ1n) is 9.69. The Bertz CT molecular complexity index is 943. The molecule has 1 aromatic heterocycles. The maximum absolute atomic E-state index is 13.5. The molecule has 4 rings (SSSR count). The number of aliphatic hydroxyl groups excluding tert-OH is 1. The van der Waals surface area contributed by atoms with E-state index in [1.165, 1.54) is 12.1 Å². The highest BCUT2D eigenvalue weighted by Gasteiger charge is 2.40. The summed E-state index contributed by atoms with van der Waals surface area (Å²) >= 11 is 3.53. The number of nitrogens with zero attached hydrogens (tertiary/aromatic N) is 1. The zero-order valence-electron chi connectivity index (χ0n) is 15.9. The van der Waals surface area contributed by atoms with Crippen molar-refractivity contribution in [2.45, 2.75) is 55.1 Å². The van der Waals surface area contributed by atoms with Gasteiger partial charge in [-0.25, -0.2) is 0 Å². The van der Waals surface area contributed by atoms with E-state index in [0.717, 1.165) is 30.8 Å². The molecule has 0 spiro atoms. The van der Waals surface area contributed by atoms with Crippen LogP contribution in [0.4, 0.5) is 18.9 Å². The van der Waals surface area contributed by atoms with Crippen molar-refractivity contribution in [1.29, 1.82) is 0 Å². The van der Waals surface area contributed by atoms with E-state index in [1.807, 2.05) is 6.92 Å². The molecule has 0 aliphatic carbocycles. The number of pyridine rings is 1. The van der Waals surface area contributed by atoms with E-state index in [2.05, 4.69) is 9.88 Å². The Hall–Kier alpha value is -1.32. The minimum absolute atomic E-state index is 0.0247. The fourth-order valence-corrected chi connectivity index (χ4v) is 7.31. The number of alkyl halides is 3. The minimum Gasteiger partial charge on any atom is -0.389 e. The van der Waals surface area contributed by atoms with Gasteiger partial charge in [0.15, 0.2) is 0 Å². The highest BCUT2D eigenvalue weighted by molar-refractivity contribution is 8.17. The number of aromatic nitrogens is 1. The molecular weight excluding hydrogens is 421 g/mol. The topological polar surface area (TPSA) is 56.3 Å². The monoisotopic (exact) mass is 444 g/mol. The first-order chi connectivity index (χ1) is 13.8. The molecule has 2 aliphatic heterocycles. The zero-order chi connectivity index (χ0) is 20.8. The van der Waals surface area contributed by atoms with Crippen LogP contribution in [0.15, 0.2) is 29.1 Å². The summed E-state index contributed by atoms with van der Waals surface area (Å²) in [4.78, 5) is 16.2. The lowest BCUT2D eigenvalue weighted by Gasteiger charge is -2.37. The van der Waals surface area contributed by atoms with Crippen molar-refractivity contribution < 1.29 is 18.3 Å². The Labute approximate surface area is 175 Å². The number of hydrogen-bond donors (Lipinski definition) is 2. The molecule has 29 heavy (non-hydrogen) atoms. The average Bonchev–Trinajstić information content (AvgIpc) is 3.07. The van der Waals surface area contributed by atoms with Gasteiger partial charge in [0.05, 0.1) is 22.3 Å². The fourth-order valence-electron chi connectivity index (χ4n) is 4.32. The second-order valence-electron chi connectivity index (χ2n) is 7.63. The molecule has 0 amide bonds. The first-order valence-corrected chi connectivity index (χ1v) is 11.8. The molecule has 2 unspecified atom stereocenters. The largest absolute Gasteiger partial charge is 0.417 e. The summed E-state index contributed by atoms with van der Waals surface area (Å²) in [6, 6.07) is 5.35. The highest BCUT2D eigenvalue weighted by Crippen LogP contribution is 2.41. The fraction of sp³-hybridized carbons (Fsp3) is 0.550. The summed E-state index contributed by atoms with van der Waals surface area (Å²) in [5.41, 5.74) is -0.891. The van der Waals surface area contributed by atoms with Crippen LogP contribution in [0.25, 0.3) is 10.9 Å². The van der Waals surface area contributed by atoms with Gasteiger partial charge in [-0.2, -0.15) is 13.2 Å². The van der Waals surface area contributed by atoms with E-state index in [1.54, 1.807) is 29.6 Å². The lowest BCUT2D eigenvalue weighted by atomic mass is 10.1. The van der Waals surface area contributed by atoms with Crippen LogP contribution >= 0.6 is 23.5 Å². The number of rotatable bonds is 3. The average molecular weight is 445 g/mol. The van der Waals surface area contributed by atoms with Crippen LogP contribution in [0.2, 0.25) is 0 Å². The molecule has 2 saturated heterocycles. The van der Waals surface area contributed by atoms with E-state index >= 15 is 0 Å². The Morgan fingerprint density at radius 3 is 2.62 bits per heavy atom. The van der Waals surface area contributed by atoms with E-state index in [0.29, 0.717) is 11.8 Å². The predicted molar refractivity (Wildman–Crippen MR) is 114 cm³/mol. The third-order valence-electron chi connectivity index (χ3n) is 5.67. The quantitative estimate of drug-likeness (QED) is 0.732. The number of fused-ring (bicyclic) bond motifs is 1. The number of hydrogen-bond acceptors (Lipinski definition) is 5. The smallest absolute Gasteiger partial charge is 0.389 e. The van der Waals surface area contributed by atoms with Gasteiger partial charge in [-0.3, -0.25) is 4.79 Å². The van der Waals surface area contributed by atoms with Crippen molar-refractivity contribution in [2.75, 3.05) is 16.4 Å². The third kappa shape index (κ3) is 4.14. The second kappa shape index (κ2) is 8.07. The molecule has 1 aromatic carbocycles. The summed E-state index contributed by atoms with van der Waals surface area (Å²) < 4.78 is 40.6. The molecule has 2 N–H and O–H groups in total. The Morgan fingerprint density at radius 2 is 1.93 bits per heavy atom. The molecule has 2 aliphatic rings. The predicted octanol–water partition coefficient (Wildman–Crippen LogP) is 4.46. The van der Waals surface area contributed by atoms with Crippen molar-refractivity contribution in [2.24, 2.45) is 0 Å². The lowest BCUT2D eigenvalue weighted by Crippen LogP contribution is -2.46. The van der Waals surface area contributed by atoms with Crippen molar-refractivity contribution >= 4 is 40.1 Å². The van der Waals surface area contributed by atoms with E-state index in [4.69, 9.17) is 0 Å². The van der Waals surface area contributed by atoms with Gasteiger partial charge in [-0.1, -0.05) is 0 Å². The van der Waals surface area contributed by atoms with Crippen LogP contribution in [0, 0.1) is 0 Å². The standard InChI is InChI=1S/C20H23F3N2O2S2/c1-11-3-6-16(18(27)19-28-7-2-8-29-19)25(11)12-4-5-15-13(9-12)14(20(21,22)23)10-17(26)24-15/h4-5,9-11,16,18-19,27H,2-3,6-8H2,1H3,(H,24,26)/t11?,16?,18-/m1/s1. The van der Waals surface area contributed by atoms with Crippen LogP contribution in [0.5, 0.6) is 0 Å². The second-order valence-corrected chi connectivity index (χ2v) is 10.4. The Kier molecular flexibility index (Phi) is 5.83. The molecule has 0 radical (unpaired) electrons. The van der Waals surface area contributed by atoms with E-state index < -0.39 is 23.4 Å². The maximum atomic E-state index is 13.5. The van der Waals surface area contributed by atoms with E-state index in [9.17, 15) is 23.1 Å². The van der Waals surface area contributed by atoms with Crippen LogP contribution in [0.1, 0.15) is 31.7 Å². The minimum atomic E-state index is -4.62. The number of halogens is 3. The Balaban J connectivity index is 1.73. The zero-order valence-corrected chi connectivity index (χ0v) is 17.5. The number of anilines is 1. The molecule has 4 nitrogen and oxygen atoms in total. The van der Waals surface area contributed by atoms with Crippen molar-refractivity contribution in [3.05, 3.63) is 40.2 Å². The molecule has 158 valence electrons. The molecule has 3 atom stereocenters. The van der Waals surface area contributed by atoms with Gasteiger partial charge in [0.25, 0.3) is 0 Å². The summed E-state index contributed by atoms with van der Waals surface area (Å²) in [5.74, 6) is 2.05. The molecule has 3 heterocycles. The SMILES string of the molecule is CC1CCC([C@@H](O)C2SCCCS2)N1c1ccc2[nH]c(=O)cc(C(F)(F)F)c2c1. The van der Waals surface area contributed by atoms with Crippen LogP contribution in [-0.2, 0) is 6.18 Å². The molecule has 2 aromatic rings. The van der Waals surface area contributed by atoms with Crippen molar-refractivity contribution in [3.8, 4) is 0 Å². The molecule has 0 saturated carbocycles. The van der Waals surface area contributed by atoms with Gasteiger partial charge in [0.1, 0.15) is 0 Å². The van der Waals surface area contributed by atoms with Crippen LogP contribution in [-0.4, -0.2) is 44.4 Å². The molecule has 0 bridgehead atoms.